The van der Waals surface area contributed by atoms with Crippen LogP contribution in [-0.4, -0.2) is 51.5 Å². The Kier molecular flexibility index (Phi) is 3.36. The summed E-state index contributed by atoms with van der Waals surface area (Å²) in [5, 5.41) is 7.47. The van der Waals surface area contributed by atoms with Gasteiger partial charge in [-0.05, 0) is 23.7 Å². The highest BCUT2D eigenvalue weighted by molar-refractivity contribution is 6.28. The van der Waals surface area contributed by atoms with Gasteiger partial charge in [-0.25, -0.2) is 15.0 Å². The van der Waals surface area contributed by atoms with Gasteiger partial charge in [-0.3, -0.25) is 5.10 Å². The number of aromatic amines is 1. The molecule has 0 amide bonds. The lowest BCUT2D eigenvalue weighted by molar-refractivity contribution is 0.122. The number of nitrogens with zero attached hydrogens (tertiary/aromatic N) is 5. The fourth-order valence-corrected chi connectivity index (χ4v) is 2.66. The number of rotatable bonds is 2. The summed E-state index contributed by atoms with van der Waals surface area (Å²) in [6.07, 6.45) is 3.41. The van der Waals surface area contributed by atoms with Gasteiger partial charge in [0.1, 0.15) is 22.5 Å². The Balaban J connectivity index is 1.76. The topological polar surface area (TPSA) is 79.8 Å². The zero-order valence-electron chi connectivity index (χ0n) is 11.7. The van der Waals surface area contributed by atoms with Crippen molar-refractivity contribution < 1.29 is 4.74 Å². The third-order valence-electron chi connectivity index (χ3n) is 3.63. The van der Waals surface area contributed by atoms with E-state index >= 15 is 0 Å². The number of nitrogens with one attached hydrogen (secondary N) is 1. The minimum atomic E-state index is 0.206. The van der Waals surface area contributed by atoms with E-state index in [0.29, 0.717) is 5.52 Å². The molecule has 0 bridgehead atoms. The smallest absolute Gasteiger partial charge is 0.223 e. The number of halogens is 1. The van der Waals surface area contributed by atoms with Crippen molar-refractivity contribution in [3.8, 4) is 11.3 Å². The van der Waals surface area contributed by atoms with E-state index in [1.165, 1.54) is 0 Å². The average molecular weight is 317 g/mol. The fourth-order valence-electron chi connectivity index (χ4n) is 2.52. The van der Waals surface area contributed by atoms with Crippen LogP contribution in [0.2, 0.25) is 5.28 Å². The van der Waals surface area contributed by atoms with Crippen LogP contribution >= 0.6 is 11.6 Å². The first-order valence-electron chi connectivity index (χ1n) is 6.97. The molecule has 0 atom stereocenters. The number of morpholine rings is 1. The molecular weight excluding hydrogens is 304 g/mol. The van der Waals surface area contributed by atoms with Crippen LogP contribution in [0.25, 0.3) is 22.3 Å². The van der Waals surface area contributed by atoms with Gasteiger partial charge < -0.3 is 9.64 Å². The maximum absolute atomic E-state index is 5.89. The Morgan fingerprint density at radius 2 is 2.09 bits per heavy atom. The Morgan fingerprint density at radius 3 is 2.95 bits per heavy atom. The molecule has 3 aromatic rings. The van der Waals surface area contributed by atoms with E-state index in [1.54, 1.807) is 12.4 Å². The molecular formula is C14H13ClN6O. The molecule has 1 aliphatic heterocycles. The van der Waals surface area contributed by atoms with Crippen LogP contribution in [0.15, 0.2) is 24.5 Å². The number of pyridine rings is 1. The summed E-state index contributed by atoms with van der Waals surface area (Å²) < 4.78 is 5.38. The van der Waals surface area contributed by atoms with Crippen LogP contribution in [0.5, 0.6) is 0 Å². The lowest BCUT2D eigenvalue weighted by atomic mass is 10.1. The quantitative estimate of drug-likeness (QED) is 0.727. The van der Waals surface area contributed by atoms with Crippen LogP contribution in [-0.2, 0) is 4.74 Å². The molecule has 0 aromatic carbocycles. The van der Waals surface area contributed by atoms with Gasteiger partial charge in [0, 0.05) is 24.8 Å². The van der Waals surface area contributed by atoms with E-state index in [0.717, 1.165) is 48.9 Å². The van der Waals surface area contributed by atoms with E-state index in [9.17, 15) is 0 Å². The van der Waals surface area contributed by atoms with Gasteiger partial charge in [-0.1, -0.05) is 0 Å². The van der Waals surface area contributed by atoms with E-state index in [4.69, 9.17) is 16.3 Å². The second kappa shape index (κ2) is 5.51. The van der Waals surface area contributed by atoms with Crippen molar-refractivity contribution in [3.05, 3.63) is 29.8 Å². The lowest BCUT2D eigenvalue weighted by Crippen LogP contribution is -2.36. The van der Waals surface area contributed by atoms with Gasteiger partial charge in [-0.2, -0.15) is 5.10 Å². The molecule has 1 saturated heterocycles. The van der Waals surface area contributed by atoms with E-state index in [-0.39, 0.29) is 5.28 Å². The van der Waals surface area contributed by atoms with Crippen LogP contribution in [0, 0.1) is 0 Å². The Bertz CT molecular complexity index is 814. The average Bonchev–Trinajstić information content (AvgIpc) is 2.99. The number of ether oxygens (including phenoxy) is 1. The van der Waals surface area contributed by atoms with Crippen LogP contribution in [0.4, 0.5) is 5.82 Å². The SMILES string of the molecule is Clc1ncc2[nH]nc(-c3ccnc(N4CCOCC4)c3)c2n1. The van der Waals surface area contributed by atoms with Crippen LogP contribution < -0.4 is 4.90 Å². The van der Waals surface area contributed by atoms with Crippen molar-refractivity contribution >= 4 is 28.5 Å². The molecule has 8 heteroatoms. The minimum Gasteiger partial charge on any atom is -0.378 e. The van der Waals surface area contributed by atoms with Crippen molar-refractivity contribution in [2.45, 2.75) is 0 Å². The molecule has 1 aliphatic rings. The summed E-state index contributed by atoms with van der Waals surface area (Å²) in [7, 11) is 0. The van der Waals surface area contributed by atoms with Gasteiger partial charge in [0.15, 0.2) is 0 Å². The fraction of sp³-hybridized carbons (Fsp3) is 0.286. The van der Waals surface area contributed by atoms with Gasteiger partial charge >= 0.3 is 0 Å². The maximum atomic E-state index is 5.89. The molecule has 112 valence electrons. The van der Waals surface area contributed by atoms with E-state index in [2.05, 4.69) is 30.0 Å². The molecule has 7 nitrogen and oxygen atoms in total. The van der Waals surface area contributed by atoms with Gasteiger partial charge in [0.2, 0.25) is 5.28 Å². The zero-order chi connectivity index (χ0) is 14.9. The molecule has 0 radical (unpaired) electrons. The number of H-pyrrole nitrogens is 1. The van der Waals surface area contributed by atoms with Crippen LogP contribution in [0.3, 0.4) is 0 Å². The highest BCUT2D eigenvalue weighted by Gasteiger charge is 2.15. The van der Waals surface area contributed by atoms with Crippen molar-refractivity contribution in [2.24, 2.45) is 0 Å². The second-order valence-corrected chi connectivity index (χ2v) is 5.31. The highest BCUT2D eigenvalue weighted by Crippen LogP contribution is 2.27. The Labute approximate surface area is 131 Å². The number of anilines is 1. The molecule has 0 unspecified atom stereocenters. The second-order valence-electron chi connectivity index (χ2n) is 4.98. The number of fused-ring (bicyclic) bond motifs is 1. The van der Waals surface area contributed by atoms with Gasteiger partial charge in [0.25, 0.3) is 0 Å². The predicted molar refractivity (Wildman–Crippen MR) is 83.0 cm³/mol. The van der Waals surface area contributed by atoms with Gasteiger partial charge in [0.05, 0.1) is 19.4 Å². The number of hydrogen-bond acceptors (Lipinski definition) is 6. The summed E-state index contributed by atoms with van der Waals surface area (Å²) >= 11 is 5.89. The third kappa shape index (κ3) is 2.38. The summed E-state index contributed by atoms with van der Waals surface area (Å²) in [5.41, 5.74) is 3.15. The summed E-state index contributed by atoms with van der Waals surface area (Å²) in [6.45, 7) is 3.12. The highest BCUT2D eigenvalue weighted by atomic mass is 35.5. The molecule has 0 aliphatic carbocycles. The van der Waals surface area contributed by atoms with Crippen molar-refractivity contribution in [2.75, 3.05) is 31.2 Å². The first-order valence-corrected chi connectivity index (χ1v) is 7.35. The van der Waals surface area contributed by atoms with Gasteiger partial charge in [-0.15, -0.1) is 0 Å². The molecule has 1 N–H and O–H groups in total. The lowest BCUT2D eigenvalue weighted by Gasteiger charge is -2.27. The molecule has 22 heavy (non-hydrogen) atoms. The summed E-state index contributed by atoms with van der Waals surface area (Å²) in [5.74, 6) is 0.914. The summed E-state index contributed by atoms with van der Waals surface area (Å²) in [4.78, 5) is 14.9. The van der Waals surface area contributed by atoms with E-state index in [1.807, 2.05) is 12.1 Å². The van der Waals surface area contributed by atoms with Crippen molar-refractivity contribution in [1.29, 1.82) is 0 Å². The molecule has 3 aromatic heterocycles. The summed E-state index contributed by atoms with van der Waals surface area (Å²) in [6, 6.07) is 3.92. The number of aromatic nitrogens is 5. The number of hydrogen-bond donors (Lipinski definition) is 1. The molecule has 0 spiro atoms. The zero-order valence-corrected chi connectivity index (χ0v) is 12.4. The predicted octanol–water partition coefficient (Wildman–Crippen LogP) is 1.90. The Morgan fingerprint density at radius 1 is 1.23 bits per heavy atom. The normalized spacial score (nSPS) is 15.4. The standard InChI is InChI=1S/C14H13ClN6O/c15-14-17-8-10-13(18-14)12(20-19-10)9-1-2-16-11(7-9)21-3-5-22-6-4-21/h1-2,7-8H,3-6H2,(H,19,20). The molecule has 4 heterocycles. The maximum Gasteiger partial charge on any atom is 0.223 e. The van der Waals surface area contributed by atoms with E-state index < -0.39 is 0 Å². The molecule has 0 saturated carbocycles. The first kappa shape index (κ1) is 13.4. The molecule has 1 fully saturated rings. The monoisotopic (exact) mass is 316 g/mol. The molecule has 4 rings (SSSR count). The third-order valence-corrected chi connectivity index (χ3v) is 3.81. The largest absolute Gasteiger partial charge is 0.378 e. The Hall–Kier alpha value is -2.25. The van der Waals surface area contributed by atoms with Crippen molar-refractivity contribution in [1.82, 2.24) is 25.1 Å². The van der Waals surface area contributed by atoms with Crippen molar-refractivity contribution in [3.63, 3.8) is 0 Å². The minimum absolute atomic E-state index is 0.206. The first-order chi connectivity index (χ1) is 10.8. The van der Waals surface area contributed by atoms with Crippen LogP contribution in [0.1, 0.15) is 0 Å².